The van der Waals surface area contributed by atoms with Gasteiger partial charge in [0, 0.05) is 29.9 Å². The van der Waals surface area contributed by atoms with E-state index in [9.17, 15) is 8.42 Å². The molecule has 0 bridgehead atoms. The lowest BCUT2D eigenvalue weighted by atomic mass is 10.0. The summed E-state index contributed by atoms with van der Waals surface area (Å²) < 4.78 is 47.4. The number of nitrogens with zero attached hydrogens (tertiary/aromatic N) is 1. The number of methoxy groups -OCH3 is 3. The van der Waals surface area contributed by atoms with E-state index in [1.807, 2.05) is 42.5 Å². The maximum absolute atomic E-state index is 11.3. The summed E-state index contributed by atoms with van der Waals surface area (Å²) in [5.74, 6) is 1.50. The summed E-state index contributed by atoms with van der Waals surface area (Å²) in [4.78, 5) is 4.55. The fourth-order valence-corrected chi connectivity index (χ4v) is 3.95. The highest BCUT2D eigenvalue weighted by molar-refractivity contribution is 7.88. The van der Waals surface area contributed by atoms with E-state index in [0.717, 1.165) is 22.9 Å². The Balaban J connectivity index is 1.63. The van der Waals surface area contributed by atoms with Gasteiger partial charge in [-0.3, -0.25) is 0 Å². The van der Waals surface area contributed by atoms with Gasteiger partial charge in [-0.1, -0.05) is 36.4 Å². The van der Waals surface area contributed by atoms with Gasteiger partial charge >= 0.3 is 0 Å². The van der Waals surface area contributed by atoms with Crippen LogP contribution in [0.5, 0.6) is 17.2 Å². The summed E-state index contributed by atoms with van der Waals surface area (Å²) in [5, 5.41) is 3.15. The average molecular weight is 484 g/mol. The van der Waals surface area contributed by atoms with Crippen LogP contribution >= 0.6 is 0 Å². The molecule has 2 N–H and O–H groups in total. The fourth-order valence-electron chi connectivity index (χ4n) is 3.52. The van der Waals surface area contributed by atoms with Gasteiger partial charge in [0.15, 0.2) is 17.1 Å². The highest BCUT2D eigenvalue weighted by atomic mass is 32.2. The number of oxazole rings is 1. The standard InChI is InChI=1S/C24H25N3O6S/c1-30-20-12-17(13-21(31-2)23(20)32-3)26-24-27-19-7-5-6-18(22(19)33-24)16-10-8-15(9-11-16)14-25-34(4,28)29/h5-13,25H,14H2,1-4H3,(H,26,27). The van der Waals surface area contributed by atoms with Crippen LogP contribution in [0, 0.1) is 0 Å². The molecule has 0 amide bonds. The zero-order valence-electron chi connectivity index (χ0n) is 19.2. The Kier molecular flexibility index (Phi) is 6.62. The number of fused-ring (bicyclic) bond motifs is 1. The third kappa shape index (κ3) is 5.08. The second kappa shape index (κ2) is 9.62. The van der Waals surface area contributed by atoms with Crippen molar-refractivity contribution in [3.05, 3.63) is 60.2 Å². The quantitative estimate of drug-likeness (QED) is 0.362. The number of nitrogens with one attached hydrogen (secondary N) is 2. The number of anilines is 2. The molecule has 1 heterocycles. The largest absolute Gasteiger partial charge is 0.493 e. The van der Waals surface area contributed by atoms with Gasteiger partial charge < -0.3 is 23.9 Å². The summed E-state index contributed by atoms with van der Waals surface area (Å²) in [6.45, 7) is 0.231. The third-order valence-corrected chi connectivity index (χ3v) is 5.80. The van der Waals surface area contributed by atoms with Crippen molar-refractivity contribution in [2.45, 2.75) is 6.54 Å². The van der Waals surface area contributed by atoms with Crippen LogP contribution in [0.1, 0.15) is 5.56 Å². The molecule has 0 atom stereocenters. The maximum atomic E-state index is 11.3. The van der Waals surface area contributed by atoms with Crippen LogP contribution in [0.15, 0.2) is 59.0 Å². The van der Waals surface area contributed by atoms with E-state index in [1.165, 1.54) is 0 Å². The maximum Gasteiger partial charge on any atom is 0.300 e. The zero-order valence-corrected chi connectivity index (χ0v) is 20.0. The van der Waals surface area contributed by atoms with E-state index in [2.05, 4.69) is 15.0 Å². The molecule has 0 saturated carbocycles. The van der Waals surface area contributed by atoms with Crippen LogP contribution in [0.25, 0.3) is 22.2 Å². The van der Waals surface area contributed by atoms with Crippen LogP contribution in [-0.4, -0.2) is 41.0 Å². The van der Waals surface area contributed by atoms with Crippen LogP contribution in [-0.2, 0) is 16.6 Å². The number of ether oxygens (including phenoxy) is 3. The Morgan fingerprint density at radius 1 is 0.941 bits per heavy atom. The first-order valence-electron chi connectivity index (χ1n) is 10.3. The van der Waals surface area contributed by atoms with Gasteiger partial charge in [0.1, 0.15) is 5.52 Å². The van der Waals surface area contributed by atoms with E-state index < -0.39 is 10.0 Å². The minimum atomic E-state index is -3.25. The summed E-state index contributed by atoms with van der Waals surface area (Å²) >= 11 is 0. The number of hydrogen-bond acceptors (Lipinski definition) is 8. The molecule has 0 saturated heterocycles. The second-order valence-corrected chi connectivity index (χ2v) is 9.34. The molecule has 34 heavy (non-hydrogen) atoms. The Labute approximate surface area is 197 Å². The van der Waals surface area contributed by atoms with Crippen molar-refractivity contribution in [1.29, 1.82) is 0 Å². The number of benzene rings is 3. The number of para-hydroxylation sites is 1. The molecule has 0 fully saturated rings. The minimum Gasteiger partial charge on any atom is -0.493 e. The van der Waals surface area contributed by atoms with Gasteiger partial charge in [0.2, 0.25) is 15.8 Å². The van der Waals surface area contributed by atoms with Crippen LogP contribution in [0.2, 0.25) is 0 Å². The SMILES string of the molecule is COc1cc(Nc2nc3cccc(-c4ccc(CNS(C)(=O)=O)cc4)c3o2)cc(OC)c1OC. The molecule has 0 unspecified atom stereocenters. The minimum absolute atomic E-state index is 0.231. The first kappa shape index (κ1) is 23.4. The van der Waals surface area contributed by atoms with Crippen molar-refractivity contribution in [2.24, 2.45) is 0 Å². The summed E-state index contributed by atoms with van der Waals surface area (Å²) in [6.07, 6.45) is 1.13. The Bertz CT molecular complexity index is 1390. The summed E-state index contributed by atoms with van der Waals surface area (Å²) in [7, 11) is 1.40. The molecule has 10 heteroatoms. The first-order valence-corrected chi connectivity index (χ1v) is 12.2. The fraction of sp³-hybridized carbons (Fsp3) is 0.208. The summed E-state index contributed by atoms with van der Waals surface area (Å²) in [6, 6.07) is 17.1. The second-order valence-electron chi connectivity index (χ2n) is 7.50. The Morgan fingerprint density at radius 2 is 1.62 bits per heavy atom. The predicted octanol–water partition coefficient (Wildman–Crippen LogP) is 4.31. The monoisotopic (exact) mass is 483 g/mol. The van der Waals surface area contributed by atoms with E-state index in [-0.39, 0.29) is 6.54 Å². The van der Waals surface area contributed by atoms with E-state index >= 15 is 0 Å². The lowest BCUT2D eigenvalue weighted by molar-refractivity contribution is 0.324. The number of aromatic nitrogens is 1. The number of hydrogen-bond donors (Lipinski definition) is 2. The van der Waals surface area contributed by atoms with Crippen molar-refractivity contribution in [1.82, 2.24) is 9.71 Å². The van der Waals surface area contributed by atoms with Crippen LogP contribution in [0.4, 0.5) is 11.7 Å². The van der Waals surface area contributed by atoms with E-state index in [0.29, 0.717) is 40.1 Å². The molecule has 0 aliphatic heterocycles. The lowest BCUT2D eigenvalue weighted by Crippen LogP contribution is -2.21. The Hall–Kier alpha value is -3.76. The molecular formula is C24H25N3O6S. The molecule has 0 spiro atoms. The predicted molar refractivity (Wildman–Crippen MR) is 131 cm³/mol. The van der Waals surface area contributed by atoms with Crippen LogP contribution < -0.4 is 24.2 Å². The highest BCUT2D eigenvalue weighted by Gasteiger charge is 2.16. The molecule has 4 aromatic rings. The molecular weight excluding hydrogens is 458 g/mol. The molecule has 4 rings (SSSR count). The zero-order chi connectivity index (χ0) is 24.3. The van der Waals surface area contributed by atoms with Crippen molar-refractivity contribution >= 4 is 32.8 Å². The summed E-state index contributed by atoms with van der Waals surface area (Å²) in [5.41, 5.74) is 4.61. The molecule has 0 aliphatic rings. The topological polar surface area (TPSA) is 112 Å². The van der Waals surface area contributed by atoms with Gasteiger partial charge in [-0.05, 0) is 17.2 Å². The van der Waals surface area contributed by atoms with Gasteiger partial charge in [0.05, 0.1) is 27.6 Å². The van der Waals surface area contributed by atoms with E-state index in [4.69, 9.17) is 18.6 Å². The molecule has 178 valence electrons. The third-order valence-electron chi connectivity index (χ3n) is 5.13. The van der Waals surface area contributed by atoms with Gasteiger partial charge in [-0.15, -0.1) is 0 Å². The smallest absolute Gasteiger partial charge is 0.300 e. The van der Waals surface area contributed by atoms with Gasteiger partial charge in [-0.25, -0.2) is 13.1 Å². The van der Waals surface area contributed by atoms with Gasteiger partial charge in [-0.2, -0.15) is 4.98 Å². The molecule has 0 radical (unpaired) electrons. The highest BCUT2D eigenvalue weighted by Crippen LogP contribution is 2.41. The van der Waals surface area contributed by atoms with Crippen molar-refractivity contribution < 1.29 is 27.0 Å². The van der Waals surface area contributed by atoms with Crippen LogP contribution in [0.3, 0.4) is 0 Å². The molecule has 1 aromatic heterocycles. The van der Waals surface area contributed by atoms with Crippen molar-refractivity contribution in [3.63, 3.8) is 0 Å². The molecule has 9 nitrogen and oxygen atoms in total. The number of sulfonamides is 1. The average Bonchev–Trinajstić information content (AvgIpc) is 3.24. The lowest BCUT2D eigenvalue weighted by Gasteiger charge is -2.14. The number of rotatable bonds is 9. The normalized spacial score (nSPS) is 11.4. The van der Waals surface area contributed by atoms with E-state index in [1.54, 1.807) is 33.5 Å². The first-order chi connectivity index (χ1) is 16.3. The Morgan fingerprint density at radius 3 is 2.21 bits per heavy atom. The molecule has 3 aromatic carbocycles. The molecule has 0 aliphatic carbocycles. The van der Waals surface area contributed by atoms with Gasteiger partial charge in [0.25, 0.3) is 6.01 Å². The van der Waals surface area contributed by atoms with Crippen molar-refractivity contribution in [2.75, 3.05) is 32.9 Å². The van der Waals surface area contributed by atoms with Crippen molar-refractivity contribution in [3.8, 4) is 28.4 Å².